The number of hydrogen-bond donors (Lipinski definition) is 0. The number of benzene rings is 3. The molecule has 0 fully saturated rings. The molecule has 51 heavy (non-hydrogen) atoms. The minimum atomic E-state index is -0.841. The highest BCUT2D eigenvalue weighted by molar-refractivity contribution is 5.92. The summed E-state index contributed by atoms with van der Waals surface area (Å²) in [7, 11) is 0. The molecule has 0 atom stereocenters. The van der Waals surface area contributed by atoms with Crippen LogP contribution in [0, 0.1) is 6.92 Å². The highest BCUT2D eigenvalue weighted by Crippen LogP contribution is 2.26. The number of unbranched alkanes of at least 4 members (excludes halogenated alkanes) is 2. The van der Waals surface area contributed by atoms with Gasteiger partial charge >= 0.3 is 24.2 Å². The Labute approximate surface area is 299 Å². The highest BCUT2D eigenvalue weighted by atomic mass is 16.7. The van der Waals surface area contributed by atoms with Gasteiger partial charge in [0.2, 0.25) is 0 Å². The van der Waals surface area contributed by atoms with E-state index in [1.807, 2.05) is 41.5 Å². The molecule has 0 saturated carbocycles. The molecule has 0 aliphatic rings. The van der Waals surface area contributed by atoms with Crippen molar-refractivity contribution in [1.29, 1.82) is 0 Å². The van der Waals surface area contributed by atoms with Gasteiger partial charge in [0.05, 0.1) is 35.5 Å². The second-order valence-electron chi connectivity index (χ2n) is 13.5. The van der Waals surface area contributed by atoms with Crippen LogP contribution in [0.4, 0.5) is 9.59 Å². The van der Waals surface area contributed by atoms with Gasteiger partial charge in [-0.1, -0.05) is 0 Å². The van der Waals surface area contributed by atoms with Crippen molar-refractivity contribution in [3.63, 3.8) is 0 Å². The molecule has 0 aliphatic heterocycles. The molecule has 0 bridgehead atoms. The van der Waals surface area contributed by atoms with Gasteiger partial charge in [0.15, 0.2) is 0 Å². The van der Waals surface area contributed by atoms with Crippen molar-refractivity contribution < 1.29 is 57.1 Å². The topological polar surface area (TPSA) is 142 Å². The van der Waals surface area contributed by atoms with Crippen molar-refractivity contribution in [2.75, 3.05) is 26.4 Å². The highest BCUT2D eigenvalue weighted by Gasteiger charge is 2.16. The van der Waals surface area contributed by atoms with E-state index in [2.05, 4.69) is 0 Å². The van der Waals surface area contributed by atoms with Gasteiger partial charge in [0.25, 0.3) is 0 Å². The molecule has 0 aliphatic carbocycles. The number of carbonyl (C=O) groups is 4. The molecule has 12 nitrogen and oxygen atoms in total. The Bertz CT molecular complexity index is 1580. The summed E-state index contributed by atoms with van der Waals surface area (Å²) in [4.78, 5) is 49.4. The molecular formula is C39H48O12. The van der Waals surface area contributed by atoms with Crippen molar-refractivity contribution in [2.24, 2.45) is 0 Å². The van der Waals surface area contributed by atoms with Gasteiger partial charge in [-0.25, -0.2) is 19.2 Å². The van der Waals surface area contributed by atoms with Crippen LogP contribution in [-0.2, 0) is 18.9 Å². The summed E-state index contributed by atoms with van der Waals surface area (Å²) in [5, 5.41) is 0. The van der Waals surface area contributed by atoms with E-state index in [4.69, 9.17) is 37.9 Å². The van der Waals surface area contributed by atoms with Crippen molar-refractivity contribution in [1.82, 2.24) is 0 Å². The van der Waals surface area contributed by atoms with Crippen LogP contribution in [0.5, 0.6) is 23.0 Å². The molecule has 0 spiro atoms. The lowest BCUT2D eigenvalue weighted by molar-refractivity contribution is -0.00689. The zero-order valence-corrected chi connectivity index (χ0v) is 30.4. The Morgan fingerprint density at radius 1 is 0.490 bits per heavy atom. The number of esters is 2. The van der Waals surface area contributed by atoms with Crippen molar-refractivity contribution in [2.45, 2.75) is 85.4 Å². The first-order valence-electron chi connectivity index (χ1n) is 16.8. The standard InChI is InChI=1S/C39H48O12/c1-27-26-32(48-34(40)28-12-16-30(17-13-28)49-36(42)44-22-8-10-24-46-38(2,3)4)20-21-33(27)51-35(41)29-14-18-31(19-15-29)50-37(43)45-23-9-11-25-47-39(5,6)7/h12-21,26H,8-11,22-25H2,1-7H3. The SMILES string of the molecule is Cc1cc(OC(=O)c2ccc(OC(=O)OCCCCOC(C)(C)C)cc2)ccc1OC(=O)c1ccc(OC(=O)OCCCCOC(C)(C)C)cc1. The summed E-state index contributed by atoms with van der Waals surface area (Å²) >= 11 is 0. The monoisotopic (exact) mass is 708 g/mol. The molecule has 0 N–H and O–H groups in total. The van der Waals surface area contributed by atoms with Gasteiger partial charge in [-0.15, -0.1) is 0 Å². The molecule has 276 valence electrons. The van der Waals surface area contributed by atoms with Gasteiger partial charge in [0, 0.05) is 13.2 Å². The predicted octanol–water partition coefficient (Wildman–Crippen LogP) is 8.65. The van der Waals surface area contributed by atoms with E-state index >= 15 is 0 Å². The lowest BCUT2D eigenvalue weighted by Gasteiger charge is -2.19. The van der Waals surface area contributed by atoms with E-state index in [9.17, 15) is 19.2 Å². The van der Waals surface area contributed by atoms with E-state index in [0.717, 1.165) is 12.8 Å². The molecule has 0 amide bonds. The average molecular weight is 709 g/mol. The Kier molecular flexibility index (Phi) is 15.4. The predicted molar refractivity (Wildman–Crippen MR) is 188 cm³/mol. The summed E-state index contributed by atoms with van der Waals surface area (Å²) in [6, 6.07) is 16.3. The first-order chi connectivity index (χ1) is 24.1. The fourth-order valence-corrected chi connectivity index (χ4v) is 4.17. The maximum atomic E-state index is 12.8. The Morgan fingerprint density at radius 2 is 0.882 bits per heavy atom. The van der Waals surface area contributed by atoms with Crippen molar-refractivity contribution >= 4 is 24.2 Å². The Balaban J connectivity index is 1.40. The summed E-state index contributed by atoms with van der Waals surface area (Å²) in [6.45, 7) is 15.1. The van der Waals surface area contributed by atoms with Gasteiger partial charge < -0.3 is 37.9 Å². The fraction of sp³-hybridized carbons (Fsp3) is 0.436. The molecule has 3 aromatic carbocycles. The van der Waals surface area contributed by atoms with Gasteiger partial charge in [-0.05, 0) is 146 Å². The van der Waals surface area contributed by atoms with Gasteiger partial charge in [-0.3, -0.25) is 0 Å². The zero-order valence-electron chi connectivity index (χ0n) is 30.4. The maximum Gasteiger partial charge on any atom is 0.513 e. The molecule has 0 saturated heterocycles. The van der Waals surface area contributed by atoms with Crippen molar-refractivity contribution in [3.8, 4) is 23.0 Å². The minimum absolute atomic E-state index is 0.200. The third-order valence-electron chi connectivity index (χ3n) is 6.73. The van der Waals surface area contributed by atoms with Crippen molar-refractivity contribution in [3.05, 3.63) is 83.4 Å². The number of rotatable bonds is 16. The van der Waals surface area contributed by atoms with Crippen LogP contribution in [0.3, 0.4) is 0 Å². The van der Waals surface area contributed by atoms with Crippen LogP contribution < -0.4 is 18.9 Å². The number of aryl methyl sites for hydroxylation is 1. The third kappa shape index (κ3) is 16.1. The number of hydrogen-bond acceptors (Lipinski definition) is 12. The molecule has 0 heterocycles. The third-order valence-corrected chi connectivity index (χ3v) is 6.73. The van der Waals surface area contributed by atoms with Crippen LogP contribution in [0.25, 0.3) is 0 Å². The quantitative estimate of drug-likeness (QED) is 0.0608. The van der Waals surface area contributed by atoms with E-state index in [0.29, 0.717) is 31.6 Å². The normalized spacial score (nSPS) is 11.4. The van der Waals surface area contributed by atoms with Crippen LogP contribution >= 0.6 is 0 Å². The van der Waals surface area contributed by atoms with E-state index in [-0.39, 0.29) is 58.5 Å². The number of ether oxygens (including phenoxy) is 8. The smallest absolute Gasteiger partial charge is 0.434 e. The summed E-state index contributed by atoms with van der Waals surface area (Å²) in [6.07, 6.45) is 1.09. The Morgan fingerprint density at radius 3 is 1.29 bits per heavy atom. The van der Waals surface area contributed by atoms with Crippen LogP contribution in [0.15, 0.2) is 66.7 Å². The number of carbonyl (C=O) groups excluding carboxylic acids is 4. The lowest BCUT2D eigenvalue weighted by Crippen LogP contribution is -2.20. The van der Waals surface area contributed by atoms with E-state index in [1.165, 1.54) is 60.7 Å². The van der Waals surface area contributed by atoms with E-state index in [1.54, 1.807) is 13.0 Å². The first-order valence-corrected chi connectivity index (χ1v) is 16.8. The second-order valence-corrected chi connectivity index (χ2v) is 13.5. The zero-order chi connectivity index (χ0) is 37.4. The molecule has 0 radical (unpaired) electrons. The fourth-order valence-electron chi connectivity index (χ4n) is 4.17. The molecule has 0 aromatic heterocycles. The average Bonchev–Trinajstić information content (AvgIpc) is 3.05. The first kappa shape index (κ1) is 40.5. The second kappa shape index (κ2) is 19.5. The van der Waals surface area contributed by atoms with Gasteiger partial charge in [-0.2, -0.15) is 0 Å². The van der Waals surface area contributed by atoms with Gasteiger partial charge in [0.1, 0.15) is 23.0 Å². The molecular weight excluding hydrogens is 660 g/mol. The van der Waals surface area contributed by atoms with Crippen LogP contribution in [0.2, 0.25) is 0 Å². The summed E-state index contributed by atoms with van der Waals surface area (Å²) in [5.74, 6) is -0.342. The Hall–Kier alpha value is -4.94. The minimum Gasteiger partial charge on any atom is -0.434 e. The molecule has 0 unspecified atom stereocenters. The summed E-state index contributed by atoms with van der Waals surface area (Å²) in [5.41, 5.74) is 0.578. The molecule has 3 rings (SSSR count). The molecule has 3 aromatic rings. The lowest BCUT2D eigenvalue weighted by atomic mass is 10.2. The summed E-state index contributed by atoms with van der Waals surface area (Å²) < 4.78 is 42.7. The molecule has 12 heteroatoms. The van der Waals surface area contributed by atoms with Crippen LogP contribution in [0.1, 0.15) is 93.5 Å². The van der Waals surface area contributed by atoms with Crippen LogP contribution in [-0.4, -0.2) is 61.9 Å². The maximum absolute atomic E-state index is 12.8. The van der Waals surface area contributed by atoms with E-state index < -0.39 is 24.2 Å². The largest absolute Gasteiger partial charge is 0.513 e.